The third kappa shape index (κ3) is 26.1. The van der Waals surface area contributed by atoms with E-state index in [0.717, 1.165) is 11.6 Å². The molecule has 0 fully saturated rings. The predicted molar refractivity (Wildman–Crippen MR) is 271 cm³/mol. The van der Waals surface area contributed by atoms with Crippen LogP contribution in [-0.2, 0) is 60.8 Å². The number of ether oxygens (including phenoxy) is 6. The number of carboxylic acid groups (broad SMARTS) is 1. The molecule has 0 saturated heterocycles. The zero-order valence-electron chi connectivity index (χ0n) is 48.0. The monoisotopic (exact) mass is 1020 g/mol. The highest BCUT2D eigenvalue weighted by molar-refractivity contribution is 6.76. The molecule has 5 atom stereocenters. The van der Waals surface area contributed by atoms with E-state index in [2.05, 4.69) is 35.6 Å². The fraction of sp³-hybridized carbons (Fsp3) is 0.415. The molecule has 4 aromatic rings. The van der Waals surface area contributed by atoms with Crippen molar-refractivity contribution in [3.8, 4) is 0 Å². The van der Waals surface area contributed by atoms with Crippen molar-refractivity contribution in [2.45, 2.75) is 136 Å². The number of carbonyl (C=O) groups excluding carboxylic acids is 6. The van der Waals surface area contributed by atoms with Gasteiger partial charge in [0.05, 0.1) is 12.6 Å². The highest BCUT2D eigenvalue weighted by Gasteiger charge is 2.37. The number of nitrogens with one attached hydrogen (secondary N) is 3. The van der Waals surface area contributed by atoms with Gasteiger partial charge in [-0.1, -0.05) is 141 Å². The molecule has 19 heteroatoms. The summed E-state index contributed by atoms with van der Waals surface area (Å²) < 4.78 is 75.2. The van der Waals surface area contributed by atoms with Gasteiger partial charge in [-0.3, -0.25) is 4.79 Å². The van der Waals surface area contributed by atoms with Gasteiger partial charge >= 0.3 is 42.2 Å². The number of aliphatic carboxylic acids is 1. The van der Waals surface area contributed by atoms with E-state index in [1.54, 1.807) is 78.9 Å². The number of carboxylic acids is 1. The Morgan fingerprint density at radius 3 is 1.43 bits per heavy atom. The van der Waals surface area contributed by atoms with Crippen LogP contribution in [-0.4, -0.2) is 96.5 Å². The summed E-state index contributed by atoms with van der Waals surface area (Å²) in [6.45, 7) is 9.24. The maximum atomic E-state index is 12.7. The second kappa shape index (κ2) is 29.8. The van der Waals surface area contributed by atoms with Crippen LogP contribution in [0.25, 0.3) is 0 Å². The molecule has 3 amide bonds. The van der Waals surface area contributed by atoms with E-state index in [0.29, 0.717) is 17.7 Å². The van der Waals surface area contributed by atoms with Crippen LogP contribution in [0.4, 0.5) is 14.4 Å². The molecule has 0 spiro atoms. The van der Waals surface area contributed by atoms with Crippen LogP contribution in [0, 0.1) is 0 Å². The smallest absolute Gasteiger partial charge is 0.408 e. The molecule has 0 aromatic heterocycles. The average Bonchev–Trinajstić information content (AvgIpc) is 3.35. The van der Waals surface area contributed by atoms with Crippen LogP contribution in [0.1, 0.15) is 97.8 Å². The molecule has 1 unspecified atom stereocenters. The number of aliphatic hydroxyl groups excluding tert-OH is 1. The first kappa shape index (κ1) is 51.1. The number of amides is 3. The Balaban J connectivity index is 0.000000456. The largest absolute Gasteiger partial charge is 0.478 e. The molecule has 0 radical (unpaired) electrons. The van der Waals surface area contributed by atoms with Gasteiger partial charge < -0.3 is 54.6 Å². The van der Waals surface area contributed by atoms with Gasteiger partial charge in [0.2, 0.25) is 6.10 Å². The summed E-state index contributed by atoms with van der Waals surface area (Å²) >= 11 is 0. The van der Waals surface area contributed by atoms with Crippen molar-refractivity contribution >= 4 is 50.2 Å². The molecule has 0 saturated carbocycles. The minimum atomic E-state index is -2.67. The lowest BCUT2D eigenvalue weighted by atomic mass is 10.0. The topological polar surface area (TPSA) is 251 Å². The molecule has 392 valence electrons. The van der Waals surface area contributed by atoms with Crippen LogP contribution >= 0.6 is 0 Å². The first-order chi connectivity index (χ1) is 36.1. The molecule has 4 rings (SSSR count). The normalized spacial score (nSPS) is 14.7. The van der Waals surface area contributed by atoms with Gasteiger partial charge in [-0.05, 0) is 76.6 Å². The van der Waals surface area contributed by atoms with Crippen LogP contribution < -0.4 is 16.0 Å². The third-order valence-electron chi connectivity index (χ3n) is 9.19. The quantitative estimate of drug-likeness (QED) is 0.0355. The molecule has 5 N–H and O–H groups in total. The first-order valence-electron chi connectivity index (χ1n) is 25.7. The fourth-order valence-electron chi connectivity index (χ4n) is 5.70. The summed E-state index contributed by atoms with van der Waals surface area (Å²) in [5.41, 5.74) is -1.23. The Hall–Kier alpha value is -7.25. The Bertz CT molecular complexity index is 2540. The van der Waals surface area contributed by atoms with Crippen molar-refractivity contribution in [1.82, 2.24) is 16.0 Å². The lowest BCUT2D eigenvalue weighted by Crippen LogP contribution is -2.47. The summed E-state index contributed by atoms with van der Waals surface area (Å²) in [4.78, 5) is 84.5. The molecular formula is C53H71N3O15Si. The van der Waals surface area contributed by atoms with Crippen molar-refractivity contribution in [2.24, 2.45) is 0 Å². The minimum absolute atomic E-state index is 0.0547. The van der Waals surface area contributed by atoms with Crippen molar-refractivity contribution in [1.29, 1.82) is 0 Å². The van der Waals surface area contributed by atoms with E-state index >= 15 is 0 Å². The zero-order valence-corrected chi connectivity index (χ0v) is 43.0. The SMILES string of the molecule is CC(=O)OCc1ccccc1.[2H]C([2H])([2H])C(C)(C)OC(=O)N[C@@H](c1ccccc1)[C@@H](O)C(=O)OCC[Si](C)(C)C.[2H]C([2H])([2H])C(C)(C)OC(=O)N[C@@H](c1ccccc1)[C@@H](OC(=O)C(C)NC(=O)OCc1ccccc1)C(=O)O. The van der Waals surface area contributed by atoms with Gasteiger partial charge in [0.25, 0.3) is 0 Å². The molecule has 0 aliphatic carbocycles. The molecule has 0 aliphatic rings. The van der Waals surface area contributed by atoms with Crippen molar-refractivity contribution in [2.75, 3.05) is 6.61 Å². The number of rotatable bonds is 18. The highest BCUT2D eigenvalue weighted by atomic mass is 28.3. The molecule has 0 aliphatic heterocycles. The second-order valence-electron chi connectivity index (χ2n) is 18.2. The maximum absolute atomic E-state index is 12.7. The molecule has 0 bridgehead atoms. The molecule has 4 aromatic carbocycles. The number of alkyl carbamates (subject to hydrolysis) is 3. The van der Waals surface area contributed by atoms with E-state index in [9.17, 15) is 43.8 Å². The zero-order chi connectivity index (χ0) is 59.1. The third-order valence-corrected chi connectivity index (χ3v) is 10.9. The summed E-state index contributed by atoms with van der Waals surface area (Å²) in [7, 11) is -1.42. The lowest BCUT2D eigenvalue weighted by Gasteiger charge is -2.28. The van der Waals surface area contributed by atoms with Gasteiger partial charge in [-0.2, -0.15) is 0 Å². The van der Waals surface area contributed by atoms with Crippen molar-refractivity contribution in [3.05, 3.63) is 144 Å². The molecule has 72 heavy (non-hydrogen) atoms. The molecule has 0 heterocycles. The number of hydrogen-bond acceptors (Lipinski definition) is 14. The number of benzene rings is 4. The highest BCUT2D eigenvalue weighted by Crippen LogP contribution is 2.23. The Morgan fingerprint density at radius 1 is 0.597 bits per heavy atom. The van der Waals surface area contributed by atoms with E-state index in [1.807, 2.05) is 30.3 Å². The van der Waals surface area contributed by atoms with Crippen molar-refractivity contribution < 1.29 is 80.4 Å². The predicted octanol–water partition coefficient (Wildman–Crippen LogP) is 8.81. The van der Waals surface area contributed by atoms with Gasteiger partial charge in [-0.25, -0.2) is 28.8 Å². The number of carbonyl (C=O) groups is 7. The van der Waals surface area contributed by atoms with E-state index < -0.39 is 99.5 Å². The molecular weight excluding hydrogens is 947 g/mol. The summed E-state index contributed by atoms with van der Waals surface area (Å²) in [5.74, 6) is -3.84. The number of esters is 3. The maximum Gasteiger partial charge on any atom is 0.408 e. The summed E-state index contributed by atoms with van der Waals surface area (Å²) in [5, 5.41) is 27.3. The van der Waals surface area contributed by atoms with Gasteiger partial charge in [-0.15, -0.1) is 0 Å². The van der Waals surface area contributed by atoms with Gasteiger partial charge in [0.15, 0.2) is 6.10 Å². The Labute approximate surface area is 431 Å². The Morgan fingerprint density at radius 2 is 1.01 bits per heavy atom. The van der Waals surface area contributed by atoms with Crippen LogP contribution in [0.5, 0.6) is 0 Å². The van der Waals surface area contributed by atoms with Gasteiger partial charge in [0.1, 0.15) is 36.5 Å². The van der Waals surface area contributed by atoms with Crippen LogP contribution in [0.3, 0.4) is 0 Å². The van der Waals surface area contributed by atoms with Crippen LogP contribution in [0.15, 0.2) is 121 Å². The second-order valence-corrected chi connectivity index (χ2v) is 23.8. The van der Waals surface area contributed by atoms with E-state index in [-0.39, 0.29) is 24.7 Å². The average molecular weight is 1020 g/mol. The summed E-state index contributed by atoms with van der Waals surface area (Å²) in [6, 6.07) is 31.3. The number of hydrogen-bond donors (Lipinski definition) is 5. The fourth-order valence-corrected chi connectivity index (χ4v) is 6.42. The Kier molecular flexibility index (Phi) is 21.2. The molecule has 18 nitrogen and oxygen atoms in total. The summed E-state index contributed by atoms with van der Waals surface area (Å²) in [6.07, 6.45) is -6.87. The first-order valence-corrected chi connectivity index (χ1v) is 26.4. The number of aliphatic hydroxyl groups is 1. The van der Waals surface area contributed by atoms with Gasteiger partial charge in [0, 0.05) is 23.2 Å². The van der Waals surface area contributed by atoms with E-state index in [4.69, 9.17) is 36.6 Å². The lowest BCUT2D eigenvalue weighted by molar-refractivity contribution is -0.167. The van der Waals surface area contributed by atoms with Crippen LogP contribution in [0.2, 0.25) is 25.7 Å². The van der Waals surface area contributed by atoms with Crippen molar-refractivity contribution in [3.63, 3.8) is 0 Å². The standard InChI is InChI=1S/C25H30N2O8.C19H31NO5Si.C9H10O2/c1-16(26-23(31)33-15-17-11-7-5-8-12-17)22(30)34-20(21(28)29)19(18-13-9-6-10-14-18)27-24(32)35-25(2,3)4;1-19(2,3)25-18(23)20-15(14-10-8-7-9-11-14)16(21)17(22)24-12-13-26(4,5)6;1-8(10)11-7-9-5-3-2-4-6-9/h5-14,16,19-20H,15H2,1-4H3,(H,26,31)(H,27,32)(H,28,29);7-11,15-16,21H,12-13H2,1-6H3,(H,20,23);2-6H,7H2,1H3/t16?,19-,20+;15-,16+;/m00./s1/i2D3;1D3;. The minimum Gasteiger partial charge on any atom is -0.478 e. The van der Waals surface area contributed by atoms with E-state index in [1.165, 1.54) is 53.7 Å².